The van der Waals surface area contributed by atoms with Crippen molar-refractivity contribution in [3.63, 3.8) is 0 Å². The lowest BCUT2D eigenvalue weighted by molar-refractivity contribution is -0.0960. The molecule has 1 saturated carbocycles. The summed E-state index contributed by atoms with van der Waals surface area (Å²) in [6, 6.07) is 1.27. The van der Waals surface area contributed by atoms with Crippen LogP contribution in [0.25, 0.3) is 0 Å². The highest BCUT2D eigenvalue weighted by Crippen LogP contribution is 2.44. The van der Waals surface area contributed by atoms with Gasteiger partial charge in [0.15, 0.2) is 0 Å². The quantitative estimate of drug-likeness (QED) is 0.767. The molecule has 1 saturated heterocycles. The van der Waals surface area contributed by atoms with E-state index in [4.69, 9.17) is 5.14 Å². The summed E-state index contributed by atoms with van der Waals surface area (Å²) in [7, 11) is -2.23. The summed E-state index contributed by atoms with van der Waals surface area (Å²) < 4.78 is 24.0. The number of β-amino-alcohol motifs (C(OH)–C–C–N with tert-alkyl or cyclic N) is 1. The number of sulfonamides is 1. The second-order valence-corrected chi connectivity index (χ2v) is 7.32. The van der Waals surface area contributed by atoms with Crippen LogP contribution in [0.5, 0.6) is 0 Å². The molecule has 3 N–H and O–H groups in total. The van der Waals surface area contributed by atoms with E-state index in [0.29, 0.717) is 19.0 Å². The lowest BCUT2D eigenvalue weighted by atomic mass is 9.88. The molecule has 2 fully saturated rings. The fraction of sp³-hybridized carbons (Fsp3) is 0.583. The third kappa shape index (κ3) is 2.13. The Balaban J connectivity index is 1.77. The lowest BCUT2D eigenvalue weighted by Gasteiger charge is -2.46. The predicted octanol–water partition coefficient (Wildman–Crippen LogP) is -0.731. The first-order valence-corrected chi connectivity index (χ1v) is 7.96. The number of primary sulfonamides is 1. The standard InChI is InChI=1S/C12H17N3O4S/c1-14-5-9(20(13,18)19)4-10(14)11(16)15-6-12(17,7-15)8-2-3-8/h4-5,8,17H,2-3,6-7H2,1H3,(H2,13,18,19). The van der Waals surface area contributed by atoms with Crippen molar-refractivity contribution in [1.29, 1.82) is 0 Å². The summed E-state index contributed by atoms with van der Waals surface area (Å²) in [4.78, 5) is 13.7. The van der Waals surface area contributed by atoms with E-state index < -0.39 is 15.6 Å². The molecule has 110 valence electrons. The van der Waals surface area contributed by atoms with Crippen molar-refractivity contribution in [3.05, 3.63) is 18.0 Å². The summed E-state index contributed by atoms with van der Waals surface area (Å²) in [5.41, 5.74) is -0.490. The van der Waals surface area contributed by atoms with Gasteiger partial charge in [-0.2, -0.15) is 0 Å². The van der Waals surface area contributed by atoms with Gasteiger partial charge < -0.3 is 14.6 Å². The number of carbonyl (C=O) groups excluding carboxylic acids is 1. The molecule has 3 rings (SSSR count). The summed E-state index contributed by atoms with van der Waals surface area (Å²) in [5, 5.41) is 15.2. The monoisotopic (exact) mass is 299 g/mol. The molecule has 0 aromatic carbocycles. The highest BCUT2D eigenvalue weighted by Gasteiger charge is 2.53. The van der Waals surface area contributed by atoms with Crippen molar-refractivity contribution >= 4 is 15.9 Å². The van der Waals surface area contributed by atoms with Crippen LogP contribution in [0.3, 0.4) is 0 Å². The third-order valence-corrected chi connectivity index (χ3v) is 4.96. The third-order valence-electron chi connectivity index (χ3n) is 4.08. The number of nitrogens with zero attached hydrogens (tertiary/aromatic N) is 2. The molecule has 0 atom stereocenters. The van der Waals surface area contributed by atoms with Crippen molar-refractivity contribution in [2.45, 2.75) is 23.3 Å². The van der Waals surface area contributed by atoms with Gasteiger partial charge in [0.05, 0.1) is 13.1 Å². The minimum atomic E-state index is -3.82. The van der Waals surface area contributed by atoms with Gasteiger partial charge in [-0.25, -0.2) is 13.6 Å². The molecule has 0 unspecified atom stereocenters. The average molecular weight is 299 g/mol. The van der Waals surface area contributed by atoms with Crippen LogP contribution >= 0.6 is 0 Å². The fourth-order valence-corrected chi connectivity index (χ4v) is 3.28. The summed E-state index contributed by atoms with van der Waals surface area (Å²) in [6.45, 7) is 0.624. The maximum Gasteiger partial charge on any atom is 0.270 e. The molecule has 1 aromatic heterocycles. The van der Waals surface area contributed by atoms with Gasteiger partial charge in [0.2, 0.25) is 10.0 Å². The summed E-state index contributed by atoms with van der Waals surface area (Å²) in [5.74, 6) is 0.0210. The Kier molecular flexibility index (Phi) is 2.76. The molecule has 1 aliphatic carbocycles. The maximum absolute atomic E-state index is 12.3. The fourth-order valence-electron chi connectivity index (χ4n) is 2.70. The zero-order valence-electron chi connectivity index (χ0n) is 11.1. The van der Waals surface area contributed by atoms with Crippen molar-refractivity contribution in [2.24, 2.45) is 18.1 Å². The van der Waals surface area contributed by atoms with E-state index in [2.05, 4.69) is 0 Å². The Morgan fingerprint density at radius 2 is 2.05 bits per heavy atom. The van der Waals surface area contributed by atoms with Crippen LogP contribution in [0, 0.1) is 5.92 Å². The number of carbonyl (C=O) groups is 1. The SMILES string of the molecule is Cn1cc(S(N)(=O)=O)cc1C(=O)N1CC(O)(C2CC2)C1. The van der Waals surface area contributed by atoms with Gasteiger partial charge in [0.1, 0.15) is 16.2 Å². The average Bonchev–Trinajstić information content (AvgIpc) is 3.06. The lowest BCUT2D eigenvalue weighted by Crippen LogP contribution is -2.64. The van der Waals surface area contributed by atoms with Crippen molar-refractivity contribution < 1.29 is 18.3 Å². The number of aliphatic hydroxyl groups is 1. The van der Waals surface area contributed by atoms with Crippen LogP contribution in [0.1, 0.15) is 23.3 Å². The summed E-state index contributed by atoms with van der Waals surface area (Å²) >= 11 is 0. The van der Waals surface area contributed by atoms with Crippen molar-refractivity contribution in [1.82, 2.24) is 9.47 Å². The zero-order chi connectivity index (χ0) is 14.7. The molecule has 20 heavy (non-hydrogen) atoms. The molecule has 8 heteroatoms. The molecule has 2 heterocycles. The maximum atomic E-state index is 12.3. The highest BCUT2D eigenvalue weighted by molar-refractivity contribution is 7.89. The Labute approximate surface area is 117 Å². The Hall–Kier alpha value is -1.38. The van der Waals surface area contributed by atoms with E-state index >= 15 is 0 Å². The Morgan fingerprint density at radius 1 is 1.45 bits per heavy atom. The second-order valence-electron chi connectivity index (χ2n) is 5.76. The number of nitrogens with two attached hydrogens (primary N) is 1. The van der Waals surface area contributed by atoms with Crippen molar-refractivity contribution in [3.8, 4) is 0 Å². The van der Waals surface area contributed by atoms with Gasteiger partial charge in [-0.05, 0) is 24.8 Å². The molecule has 0 radical (unpaired) electrons. The van der Waals surface area contributed by atoms with E-state index in [9.17, 15) is 18.3 Å². The number of aryl methyl sites for hydroxylation is 1. The van der Waals surface area contributed by atoms with Gasteiger partial charge in [0, 0.05) is 13.2 Å². The Bertz CT molecular complexity index is 669. The highest BCUT2D eigenvalue weighted by atomic mass is 32.2. The van der Waals surface area contributed by atoms with Crippen LogP contribution in [-0.4, -0.2) is 47.6 Å². The first kappa shape index (κ1) is 13.6. The number of amides is 1. The van der Waals surface area contributed by atoms with Gasteiger partial charge in [-0.1, -0.05) is 0 Å². The Morgan fingerprint density at radius 3 is 2.50 bits per heavy atom. The van der Waals surface area contributed by atoms with E-state index in [1.807, 2.05) is 0 Å². The molecule has 7 nitrogen and oxygen atoms in total. The summed E-state index contributed by atoms with van der Waals surface area (Å²) in [6.07, 6.45) is 3.34. The second kappa shape index (κ2) is 4.06. The van der Waals surface area contributed by atoms with Gasteiger partial charge in [0.25, 0.3) is 5.91 Å². The molecule has 1 amide bonds. The number of rotatable bonds is 3. The topological polar surface area (TPSA) is 106 Å². The van der Waals surface area contributed by atoms with E-state index in [1.54, 1.807) is 7.05 Å². The first-order valence-electron chi connectivity index (χ1n) is 6.41. The van der Waals surface area contributed by atoms with E-state index in [0.717, 1.165) is 12.8 Å². The number of likely N-dealkylation sites (tertiary alicyclic amines) is 1. The molecule has 2 aliphatic rings. The smallest absolute Gasteiger partial charge is 0.270 e. The number of aromatic nitrogens is 1. The van der Waals surface area contributed by atoms with Crippen LogP contribution < -0.4 is 5.14 Å². The van der Waals surface area contributed by atoms with E-state index in [1.165, 1.54) is 21.7 Å². The molecule has 0 spiro atoms. The largest absolute Gasteiger partial charge is 0.386 e. The normalized spacial score (nSPS) is 21.6. The molecular weight excluding hydrogens is 282 g/mol. The predicted molar refractivity (Wildman–Crippen MR) is 70.4 cm³/mol. The molecule has 1 aliphatic heterocycles. The van der Waals surface area contributed by atoms with Crippen LogP contribution in [0.15, 0.2) is 17.2 Å². The zero-order valence-corrected chi connectivity index (χ0v) is 11.9. The van der Waals surface area contributed by atoms with Crippen LogP contribution in [0.4, 0.5) is 0 Å². The molecule has 0 bridgehead atoms. The van der Waals surface area contributed by atoms with Gasteiger partial charge in [-0.3, -0.25) is 4.79 Å². The van der Waals surface area contributed by atoms with Gasteiger partial charge in [-0.15, -0.1) is 0 Å². The minimum absolute atomic E-state index is 0.0821. The van der Waals surface area contributed by atoms with Crippen LogP contribution in [0.2, 0.25) is 0 Å². The first-order chi connectivity index (χ1) is 9.21. The van der Waals surface area contributed by atoms with E-state index in [-0.39, 0.29) is 16.5 Å². The minimum Gasteiger partial charge on any atom is -0.386 e. The number of hydrogen-bond acceptors (Lipinski definition) is 4. The van der Waals surface area contributed by atoms with Gasteiger partial charge >= 0.3 is 0 Å². The molecule has 1 aromatic rings. The number of hydrogen-bond donors (Lipinski definition) is 2. The molecular formula is C12H17N3O4S. The van der Waals surface area contributed by atoms with Crippen molar-refractivity contribution in [2.75, 3.05) is 13.1 Å². The van der Waals surface area contributed by atoms with Crippen LogP contribution in [-0.2, 0) is 17.1 Å².